The number of benzene rings is 1. The lowest BCUT2D eigenvalue weighted by molar-refractivity contribution is 0.482. The predicted octanol–water partition coefficient (Wildman–Crippen LogP) is 7.27. The van der Waals surface area contributed by atoms with Crippen molar-refractivity contribution in [3.63, 3.8) is 0 Å². The number of alkyl halides is 1. The SMILES string of the molecule is CCCCCCCCCCC(CCl)Cc1ccc(Cl)cc1. The molecule has 1 aromatic rings. The summed E-state index contributed by atoms with van der Waals surface area (Å²) < 4.78 is 0. The minimum atomic E-state index is 0.605. The zero-order valence-electron chi connectivity index (χ0n) is 13.4. The van der Waals surface area contributed by atoms with Crippen molar-refractivity contribution >= 4 is 23.2 Å². The van der Waals surface area contributed by atoms with Crippen LogP contribution in [0.1, 0.15) is 70.3 Å². The minimum absolute atomic E-state index is 0.605. The molecule has 120 valence electrons. The second-order valence-electron chi connectivity index (χ2n) is 6.11. The number of halogens is 2. The predicted molar refractivity (Wildman–Crippen MR) is 96.6 cm³/mol. The lowest BCUT2D eigenvalue weighted by Gasteiger charge is -2.14. The largest absolute Gasteiger partial charge is 0.126 e. The Morgan fingerprint density at radius 1 is 0.857 bits per heavy atom. The van der Waals surface area contributed by atoms with Crippen molar-refractivity contribution in [2.45, 2.75) is 71.1 Å². The van der Waals surface area contributed by atoms with Gasteiger partial charge in [0, 0.05) is 10.9 Å². The standard InChI is InChI=1S/C19H30Cl2/c1-2-3-4-5-6-7-8-9-10-18(16-20)15-17-11-13-19(21)14-12-17/h11-14,18H,2-10,15-16H2,1H3. The summed E-state index contributed by atoms with van der Waals surface area (Å²) in [5.74, 6) is 1.37. The van der Waals surface area contributed by atoms with Crippen molar-refractivity contribution in [1.82, 2.24) is 0 Å². The van der Waals surface area contributed by atoms with E-state index >= 15 is 0 Å². The van der Waals surface area contributed by atoms with Gasteiger partial charge in [-0.3, -0.25) is 0 Å². The normalized spacial score (nSPS) is 12.5. The fourth-order valence-corrected chi connectivity index (χ4v) is 3.14. The van der Waals surface area contributed by atoms with Gasteiger partial charge < -0.3 is 0 Å². The zero-order valence-corrected chi connectivity index (χ0v) is 14.9. The van der Waals surface area contributed by atoms with Crippen molar-refractivity contribution in [3.05, 3.63) is 34.9 Å². The van der Waals surface area contributed by atoms with Crippen LogP contribution in [0.4, 0.5) is 0 Å². The van der Waals surface area contributed by atoms with E-state index in [1.165, 1.54) is 63.4 Å². The van der Waals surface area contributed by atoms with Crippen LogP contribution in [0.25, 0.3) is 0 Å². The molecule has 1 rings (SSSR count). The smallest absolute Gasteiger partial charge is 0.0406 e. The number of unbranched alkanes of at least 4 members (excludes halogenated alkanes) is 7. The summed E-state index contributed by atoms with van der Waals surface area (Å²) in [4.78, 5) is 0. The Balaban J connectivity index is 2.09. The second-order valence-corrected chi connectivity index (χ2v) is 6.86. The van der Waals surface area contributed by atoms with Crippen LogP contribution >= 0.6 is 23.2 Å². The van der Waals surface area contributed by atoms with Gasteiger partial charge in [0.2, 0.25) is 0 Å². The summed E-state index contributed by atoms with van der Waals surface area (Å²) in [6.45, 7) is 2.27. The van der Waals surface area contributed by atoms with E-state index in [-0.39, 0.29) is 0 Å². The van der Waals surface area contributed by atoms with Crippen LogP contribution < -0.4 is 0 Å². The topological polar surface area (TPSA) is 0 Å². The number of rotatable bonds is 12. The van der Waals surface area contributed by atoms with Gasteiger partial charge in [-0.25, -0.2) is 0 Å². The van der Waals surface area contributed by atoms with E-state index in [2.05, 4.69) is 19.1 Å². The molecule has 2 heteroatoms. The molecule has 1 atom stereocenters. The van der Waals surface area contributed by atoms with Gasteiger partial charge >= 0.3 is 0 Å². The maximum Gasteiger partial charge on any atom is 0.0406 e. The van der Waals surface area contributed by atoms with E-state index < -0.39 is 0 Å². The van der Waals surface area contributed by atoms with Crippen LogP contribution in [0, 0.1) is 5.92 Å². The van der Waals surface area contributed by atoms with Crippen LogP contribution in [-0.4, -0.2) is 5.88 Å². The first kappa shape index (κ1) is 18.8. The van der Waals surface area contributed by atoms with Crippen molar-refractivity contribution in [1.29, 1.82) is 0 Å². The Bertz CT molecular complexity index is 345. The minimum Gasteiger partial charge on any atom is -0.126 e. The molecular weight excluding hydrogens is 299 g/mol. The lowest BCUT2D eigenvalue weighted by Crippen LogP contribution is -2.06. The first-order valence-corrected chi connectivity index (χ1v) is 9.48. The van der Waals surface area contributed by atoms with E-state index in [4.69, 9.17) is 23.2 Å². The van der Waals surface area contributed by atoms with Gasteiger partial charge in [0.05, 0.1) is 0 Å². The van der Waals surface area contributed by atoms with Crippen molar-refractivity contribution < 1.29 is 0 Å². The van der Waals surface area contributed by atoms with Gasteiger partial charge in [0.25, 0.3) is 0 Å². The maximum atomic E-state index is 6.12. The first-order valence-electron chi connectivity index (χ1n) is 8.56. The molecule has 0 heterocycles. The molecule has 0 fully saturated rings. The molecule has 0 saturated heterocycles. The third kappa shape index (κ3) is 9.42. The summed E-state index contributed by atoms with van der Waals surface area (Å²) in [5, 5.41) is 0.809. The summed E-state index contributed by atoms with van der Waals surface area (Å²) in [5.41, 5.74) is 1.35. The highest BCUT2D eigenvalue weighted by atomic mass is 35.5. The quantitative estimate of drug-likeness (QED) is 0.279. The van der Waals surface area contributed by atoms with Crippen molar-refractivity contribution in [2.75, 3.05) is 5.88 Å². The highest BCUT2D eigenvalue weighted by molar-refractivity contribution is 6.30. The van der Waals surface area contributed by atoms with Gasteiger partial charge in [0.1, 0.15) is 0 Å². The van der Waals surface area contributed by atoms with Gasteiger partial charge in [-0.15, -0.1) is 11.6 Å². The summed E-state index contributed by atoms with van der Waals surface area (Å²) >= 11 is 12.0. The first-order chi connectivity index (χ1) is 10.3. The van der Waals surface area contributed by atoms with E-state index in [0.29, 0.717) is 5.92 Å². The van der Waals surface area contributed by atoms with Gasteiger partial charge in [0.15, 0.2) is 0 Å². The lowest BCUT2D eigenvalue weighted by atomic mass is 9.95. The van der Waals surface area contributed by atoms with Crippen LogP contribution in [0.15, 0.2) is 24.3 Å². The molecule has 0 N–H and O–H groups in total. The molecule has 0 aliphatic carbocycles. The van der Waals surface area contributed by atoms with Crippen LogP contribution in [-0.2, 0) is 6.42 Å². The Morgan fingerprint density at radius 2 is 1.43 bits per heavy atom. The fraction of sp³-hybridized carbons (Fsp3) is 0.684. The molecule has 0 bridgehead atoms. The summed E-state index contributed by atoms with van der Waals surface area (Å²) in [7, 11) is 0. The Morgan fingerprint density at radius 3 is 2.00 bits per heavy atom. The van der Waals surface area contributed by atoms with Gasteiger partial charge in [-0.2, -0.15) is 0 Å². The van der Waals surface area contributed by atoms with Crippen LogP contribution in [0.2, 0.25) is 5.02 Å². The highest BCUT2D eigenvalue weighted by Gasteiger charge is 2.08. The monoisotopic (exact) mass is 328 g/mol. The third-order valence-corrected chi connectivity index (χ3v) is 4.81. The second kappa shape index (κ2) is 12.4. The molecule has 0 amide bonds. The average molecular weight is 329 g/mol. The maximum absolute atomic E-state index is 6.12. The van der Waals surface area contributed by atoms with Gasteiger partial charge in [-0.05, 0) is 36.5 Å². The third-order valence-electron chi connectivity index (χ3n) is 4.12. The highest BCUT2D eigenvalue weighted by Crippen LogP contribution is 2.20. The zero-order chi connectivity index (χ0) is 15.3. The Hall–Kier alpha value is -0.200. The average Bonchev–Trinajstić information content (AvgIpc) is 2.50. The molecule has 0 aromatic heterocycles. The fourth-order valence-electron chi connectivity index (χ4n) is 2.75. The molecule has 0 aliphatic rings. The van der Waals surface area contributed by atoms with E-state index in [9.17, 15) is 0 Å². The van der Waals surface area contributed by atoms with E-state index in [1.54, 1.807) is 0 Å². The summed E-state index contributed by atoms with van der Waals surface area (Å²) in [6, 6.07) is 8.18. The molecule has 0 spiro atoms. The van der Waals surface area contributed by atoms with Crippen LogP contribution in [0.3, 0.4) is 0 Å². The van der Waals surface area contributed by atoms with Crippen molar-refractivity contribution in [3.8, 4) is 0 Å². The molecule has 0 nitrogen and oxygen atoms in total. The molecule has 0 saturated carbocycles. The Labute approximate surface area is 141 Å². The molecule has 0 radical (unpaired) electrons. The molecule has 1 unspecified atom stereocenters. The number of hydrogen-bond donors (Lipinski definition) is 0. The summed E-state index contributed by atoms with van der Waals surface area (Å²) in [6.07, 6.45) is 13.4. The number of hydrogen-bond acceptors (Lipinski definition) is 0. The Kier molecular flexibility index (Phi) is 11.1. The van der Waals surface area contributed by atoms with Crippen molar-refractivity contribution in [2.24, 2.45) is 5.92 Å². The van der Waals surface area contributed by atoms with E-state index in [0.717, 1.165) is 17.3 Å². The molecule has 1 aromatic carbocycles. The van der Waals surface area contributed by atoms with E-state index in [1.807, 2.05) is 12.1 Å². The van der Waals surface area contributed by atoms with Gasteiger partial charge in [-0.1, -0.05) is 82.0 Å². The molecule has 0 aliphatic heterocycles. The molecule has 21 heavy (non-hydrogen) atoms. The van der Waals surface area contributed by atoms with Crippen LogP contribution in [0.5, 0.6) is 0 Å². The molecular formula is C19H30Cl2.